The summed E-state index contributed by atoms with van der Waals surface area (Å²) in [7, 11) is 1.68. The normalized spacial score (nSPS) is 12.3. The number of ketones is 1. The third-order valence-electron chi connectivity index (χ3n) is 2.31. The van der Waals surface area contributed by atoms with Crippen LogP contribution in [0, 0.1) is 0 Å². The largest absolute Gasteiger partial charge is 0.336 e. The van der Waals surface area contributed by atoms with Gasteiger partial charge in [0.05, 0.1) is 6.04 Å². The van der Waals surface area contributed by atoms with Gasteiger partial charge in [0, 0.05) is 13.5 Å². The van der Waals surface area contributed by atoms with E-state index in [2.05, 4.69) is 0 Å². The van der Waals surface area contributed by atoms with E-state index >= 15 is 0 Å². The second-order valence-electron chi connectivity index (χ2n) is 3.39. The average Bonchev–Trinajstić information content (AvgIpc) is 2.11. The molecule has 0 aliphatic heterocycles. The molecule has 0 fully saturated rings. The van der Waals surface area contributed by atoms with Gasteiger partial charge < -0.3 is 4.90 Å². The second-order valence-corrected chi connectivity index (χ2v) is 3.39. The molecule has 0 heterocycles. The molecule has 0 aromatic heterocycles. The number of carbonyl (C=O) groups is 2. The lowest BCUT2D eigenvalue weighted by Gasteiger charge is -2.22. The summed E-state index contributed by atoms with van der Waals surface area (Å²) in [6.07, 6.45) is 2.45. The molecule has 0 N–H and O–H groups in total. The summed E-state index contributed by atoms with van der Waals surface area (Å²) in [4.78, 5) is 23.9. The third-order valence-corrected chi connectivity index (χ3v) is 2.31. The first-order chi connectivity index (χ1) is 6.00. The molecule has 1 amide bonds. The van der Waals surface area contributed by atoms with Crippen molar-refractivity contribution in [1.29, 1.82) is 0 Å². The van der Waals surface area contributed by atoms with Crippen LogP contribution in [0.1, 0.15) is 40.0 Å². The molecule has 1 atom stereocenters. The van der Waals surface area contributed by atoms with E-state index in [0.29, 0.717) is 6.42 Å². The van der Waals surface area contributed by atoms with Crippen molar-refractivity contribution in [3.05, 3.63) is 0 Å². The summed E-state index contributed by atoms with van der Waals surface area (Å²) < 4.78 is 0. The van der Waals surface area contributed by atoms with E-state index in [1.165, 1.54) is 11.8 Å². The van der Waals surface area contributed by atoms with Crippen molar-refractivity contribution >= 4 is 11.7 Å². The number of hydrogen-bond acceptors (Lipinski definition) is 2. The molecule has 3 nitrogen and oxygen atoms in total. The highest BCUT2D eigenvalue weighted by molar-refractivity contribution is 5.86. The number of hydrogen-bond donors (Lipinski definition) is 0. The van der Waals surface area contributed by atoms with E-state index in [9.17, 15) is 9.59 Å². The van der Waals surface area contributed by atoms with Gasteiger partial charge in [-0.25, -0.2) is 0 Å². The van der Waals surface area contributed by atoms with Crippen LogP contribution in [0.2, 0.25) is 0 Å². The van der Waals surface area contributed by atoms with Crippen LogP contribution in [0.25, 0.3) is 0 Å². The van der Waals surface area contributed by atoms with Crippen molar-refractivity contribution in [1.82, 2.24) is 4.90 Å². The Morgan fingerprint density at radius 1 is 1.38 bits per heavy atom. The average molecular weight is 185 g/mol. The highest BCUT2D eigenvalue weighted by Gasteiger charge is 2.17. The maximum absolute atomic E-state index is 11.4. The third kappa shape index (κ3) is 4.06. The lowest BCUT2D eigenvalue weighted by molar-refractivity contribution is -0.136. The van der Waals surface area contributed by atoms with E-state index in [1.54, 1.807) is 14.0 Å². The zero-order valence-electron chi connectivity index (χ0n) is 8.96. The molecule has 0 aromatic rings. The molecule has 0 aromatic carbocycles. The number of carbonyl (C=O) groups excluding carboxylic acids is 2. The molecule has 0 aliphatic carbocycles. The van der Waals surface area contributed by atoms with Gasteiger partial charge in [-0.05, 0) is 20.3 Å². The van der Waals surface area contributed by atoms with E-state index in [1.807, 2.05) is 6.92 Å². The zero-order chi connectivity index (χ0) is 10.4. The molecule has 13 heavy (non-hydrogen) atoms. The maximum Gasteiger partial charge on any atom is 0.222 e. The van der Waals surface area contributed by atoms with Crippen LogP contribution in [0.4, 0.5) is 0 Å². The summed E-state index contributed by atoms with van der Waals surface area (Å²) in [6.45, 7) is 5.31. The summed E-state index contributed by atoms with van der Waals surface area (Å²) in [5.74, 6) is 0.0944. The molecule has 0 saturated heterocycles. The molecule has 3 heteroatoms. The van der Waals surface area contributed by atoms with E-state index in [0.717, 1.165) is 12.8 Å². The molecular formula is C10H19NO2. The zero-order valence-corrected chi connectivity index (χ0v) is 8.96. The Kier molecular flexibility index (Phi) is 5.35. The first kappa shape index (κ1) is 12.1. The van der Waals surface area contributed by atoms with Crippen molar-refractivity contribution in [2.24, 2.45) is 0 Å². The first-order valence-corrected chi connectivity index (χ1v) is 4.76. The van der Waals surface area contributed by atoms with E-state index in [4.69, 9.17) is 0 Å². The van der Waals surface area contributed by atoms with Gasteiger partial charge in [-0.3, -0.25) is 9.59 Å². The van der Waals surface area contributed by atoms with Crippen molar-refractivity contribution in [3.63, 3.8) is 0 Å². The van der Waals surface area contributed by atoms with Gasteiger partial charge in [-0.2, -0.15) is 0 Å². The number of Topliss-reactive ketones (excluding diaryl/α,β-unsaturated/α-hetero) is 1. The summed E-state index contributed by atoms with van der Waals surface area (Å²) >= 11 is 0. The number of amides is 1. The minimum absolute atomic E-state index is 0.0346. The quantitative estimate of drug-likeness (QED) is 0.652. The van der Waals surface area contributed by atoms with Crippen LogP contribution >= 0.6 is 0 Å². The highest BCUT2D eigenvalue weighted by Crippen LogP contribution is 2.03. The molecule has 0 rings (SSSR count). The molecule has 0 spiro atoms. The fourth-order valence-electron chi connectivity index (χ4n) is 0.993. The molecular weight excluding hydrogens is 166 g/mol. The molecule has 0 radical (unpaired) electrons. The Balaban J connectivity index is 4.01. The minimum Gasteiger partial charge on any atom is -0.336 e. The minimum atomic E-state index is -0.288. The maximum atomic E-state index is 11.4. The Hall–Kier alpha value is -0.860. The topological polar surface area (TPSA) is 37.4 Å². The fourth-order valence-corrected chi connectivity index (χ4v) is 0.993. The van der Waals surface area contributed by atoms with Gasteiger partial charge in [0.15, 0.2) is 5.78 Å². The molecule has 76 valence electrons. The Labute approximate surface area is 80.1 Å². The number of likely N-dealkylation sites (N-methyl/N-ethyl adjacent to an activating group) is 1. The lowest BCUT2D eigenvalue weighted by Crippen LogP contribution is -2.39. The van der Waals surface area contributed by atoms with Gasteiger partial charge in [0.2, 0.25) is 5.91 Å². The van der Waals surface area contributed by atoms with E-state index < -0.39 is 0 Å². The summed E-state index contributed by atoms with van der Waals surface area (Å²) in [5.41, 5.74) is 0. The van der Waals surface area contributed by atoms with Crippen molar-refractivity contribution in [3.8, 4) is 0 Å². The van der Waals surface area contributed by atoms with Crippen LogP contribution in [0.3, 0.4) is 0 Å². The summed E-state index contributed by atoms with van der Waals surface area (Å²) in [6, 6.07) is -0.288. The highest BCUT2D eigenvalue weighted by atomic mass is 16.2. The van der Waals surface area contributed by atoms with Crippen LogP contribution in [0.5, 0.6) is 0 Å². The smallest absolute Gasteiger partial charge is 0.222 e. The number of rotatable bonds is 5. The SMILES string of the molecule is CCCCC(=O)N(C)C(C)C(C)=O. The van der Waals surface area contributed by atoms with Crippen molar-refractivity contribution < 1.29 is 9.59 Å². The monoisotopic (exact) mass is 185 g/mol. The number of unbranched alkanes of at least 4 members (excludes halogenated alkanes) is 1. The molecule has 0 saturated carbocycles. The summed E-state index contributed by atoms with van der Waals surface area (Å²) in [5, 5.41) is 0. The second kappa shape index (κ2) is 5.73. The first-order valence-electron chi connectivity index (χ1n) is 4.76. The predicted molar refractivity (Wildman–Crippen MR) is 52.4 cm³/mol. The van der Waals surface area contributed by atoms with Gasteiger partial charge in [0.25, 0.3) is 0 Å². The predicted octanol–water partition coefficient (Wildman–Crippen LogP) is 1.61. The molecule has 0 bridgehead atoms. The van der Waals surface area contributed by atoms with Crippen LogP contribution in [0.15, 0.2) is 0 Å². The Morgan fingerprint density at radius 2 is 1.92 bits per heavy atom. The lowest BCUT2D eigenvalue weighted by atomic mass is 10.2. The standard InChI is InChI=1S/C10H19NO2/c1-5-6-7-10(13)11(4)8(2)9(3)12/h8H,5-7H2,1-4H3. The van der Waals surface area contributed by atoms with Crippen molar-refractivity contribution in [2.75, 3.05) is 7.05 Å². The number of nitrogens with zero attached hydrogens (tertiary/aromatic N) is 1. The van der Waals surface area contributed by atoms with Crippen LogP contribution in [-0.4, -0.2) is 29.7 Å². The van der Waals surface area contributed by atoms with Crippen LogP contribution in [-0.2, 0) is 9.59 Å². The van der Waals surface area contributed by atoms with Gasteiger partial charge in [0.1, 0.15) is 0 Å². The van der Waals surface area contributed by atoms with Gasteiger partial charge in [-0.15, -0.1) is 0 Å². The van der Waals surface area contributed by atoms with Gasteiger partial charge in [-0.1, -0.05) is 13.3 Å². The van der Waals surface area contributed by atoms with Crippen molar-refractivity contribution in [2.45, 2.75) is 46.1 Å². The van der Waals surface area contributed by atoms with Gasteiger partial charge >= 0.3 is 0 Å². The molecule has 0 aliphatic rings. The Morgan fingerprint density at radius 3 is 2.31 bits per heavy atom. The van der Waals surface area contributed by atoms with E-state index in [-0.39, 0.29) is 17.7 Å². The molecule has 1 unspecified atom stereocenters. The Bertz CT molecular complexity index is 189. The van der Waals surface area contributed by atoms with Crippen LogP contribution < -0.4 is 0 Å². The fraction of sp³-hybridized carbons (Fsp3) is 0.800.